The first-order chi connectivity index (χ1) is 13.9. The van der Waals surface area contributed by atoms with Crippen molar-refractivity contribution in [3.05, 3.63) is 71.8 Å². The number of hydrogen-bond acceptors (Lipinski definition) is 5. The number of nitrogens with one attached hydrogen (secondary N) is 1. The van der Waals surface area contributed by atoms with Gasteiger partial charge in [-0.15, -0.1) is 0 Å². The zero-order chi connectivity index (χ0) is 20.4. The SMILES string of the molecule is Cc1ccc[n+](-c2nc3cc(C(F)(F)F)ccc3[nH]2)c1CSSc1ncccn1.[Cl-]. The average Bonchev–Trinajstić information content (AvgIpc) is 3.12. The van der Waals surface area contributed by atoms with Crippen molar-refractivity contribution >= 4 is 32.6 Å². The molecule has 1 aromatic carbocycles. The van der Waals surface area contributed by atoms with Crippen LogP contribution in [0.3, 0.4) is 0 Å². The normalized spacial score (nSPS) is 11.5. The highest BCUT2D eigenvalue weighted by Gasteiger charge is 2.31. The maximum atomic E-state index is 13.0. The number of halogens is 4. The van der Waals surface area contributed by atoms with Crippen LogP contribution in [0.2, 0.25) is 0 Å². The molecular formula is C19H15ClF3N5S2. The van der Waals surface area contributed by atoms with Crippen LogP contribution < -0.4 is 17.0 Å². The molecule has 3 aromatic heterocycles. The number of rotatable bonds is 5. The van der Waals surface area contributed by atoms with Gasteiger partial charge in [-0.3, -0.25) is 0 Å². The van der Waals surface area contributed by atoms with E-state index < -0.39 is 11.7 Å². The second-order valence-electron chi connectivity index (χ2n) is 6.17. The summed E-state index contributed by atoms with van der Waals surface area (Å²) in [6, 6.07) is 9.14. The summed E-state index contributed by atoms with van der Waals surface area (Å²) in [7, 11) is 3.04. The summed E-state index contributed by atoms with van der Waals surface area (Å²) in [4.78, 5) is 15.9. The van der Waals surface area contributed by atoms with Crippen LogP contribution in [-0.2, 0) is 11.9 Å². The summed E-state index contributed by atoms with van der Waals surface area (Å²) >= 11 is 0. The van der Waals surface area contributed by atoms with Crippen molar-refractivity contribution in [2.75, 3.05) is 0 Å². The number of benzene rings is 1. The van der Waals surface area contributed by atoms with Gasteiger partial charge in [0.25, 0.3) is 0 Å². The lowest BCUT2D eigenvalue weighted by molar-refractivity contribution is -0.610. The Balaban J connectivity index is 0.00000256. The molecule has 0 bridgehead atoms. The molecule has 4 aromatic rings. The van der Waals surface area contributed by atoms with Gasteiger partial charge in [0, 0.05) is 12.4 Å². The number of hydrogen-bond donors (Lipinski definition) is 1. The Hall–Kier alpha value is -2.30. The number of alkyl halides is 3. The van der Waals surface area contributed by atoms with E-state index in [4.69, 9.17) is 0 Å². The summed E-state index contributed by atoms with van der Waals surface area (Å²) < 4.78 is 40.8. The van der Waals surface area contributed by atoms with Crippen LogP contribution in [0.4, 0.5) is 13.2 Å². The molecule has 0 unspecified atom stereocenters. The molecule has 0 fully saturated rings. The summed E-state index contributed by atoms with van der Waals surface area (Å²) in [6.45, 7) is 1.99. The van der Waals surface area contributed by atoms with E-state index in [2.05, 4.69) is 19.9 Å². The molecule has 0 saturated carbocycles. The molecule has 0 aliphatic heterocycles. The number of nitrogens with zero attached hydrogens (tertiary/aromatic N) is 4. The van der Waals surface area contributed by atoms with Crippen molar-refractivity contribution in [2.24, 2.45) is 0 Å². The van der Waals surface area contributed by atoms with E-state index in [1.54, 1.807) is 29.3 Å². The van der Waals surface area contributed by atoms with E-state index in [-0.39, 0.29) is 17.9 Å². The molecule has 5 nitrogen and oxygen atoms in total. The van der Waals surface area contributed by atoms with Gasteiger partial charge in [0.05, 0.1) is 23.2 Å². The number of aryl methyl sites for hydroxylation is 1. The van der Waals surface area contributed by atoms with E-state index in [1.165, 1.54) is 16.9 Å². The first-order valence-electron chi connectivity index (χ1n) is 8.56. The fraction of sp³-hybridized carbons (Fsp3) is 0.158. The van der Waals surface area contributed by atoms with Crippen LogP contribution in [0.1, 0.15) is 16.8 Å². The van der Waals surface area contributed by atoms with Crippen LogP contribution in [0.5, 0.6) is 0 Å². The molecule has 3 heterocycles. The van der Waals surface area contributed by atoms with Gasteiger partial charge >= 0.3 is 12.1 Å². The highest BCUT2D eigenvalue weighted by molar-refractivity contribution is 8.76. The van der Waals surface area contributed by atoms with Gasteiger partial charge in [-0.2, -0.15) is 13.2 Å². The number of aromatic amines is 1. The Kier molecular flexibility index (Phi) is 6.89. The van der Waals surface area contributed by atoms with E-state index in [0.29, 0.717) is 22.4 Å². The minimum absolute atomic E-state index is 0. The molecule has 0 radical (unpaired) electrons. The minimum Gasteiger partial charge on any atom is -1.00 e. The lowest BCUT2D eigenvalue weighted by Gasteiger charge is -2.07. The third-order valence-electron chi connectivity index (χ3n) is 4.22. The fourth-order valence-electron chi connectivity index (χ4n) is 2.78. The number of aromatic nitrogens is 5. The Bertz CT molecular complexity index is 1150. The van der Waals surface area contributed by atoms with Gasteiger partial charge in [-0.25, -0.2) is 19.5 Å². The lowest BCUT2D eigenvalue weighted by atomic mass is 10.2. The predicted octanol–water partition coefficient (Wildman–Crippen LogP) is 1.90. The second kappa shape index (κ2) is 9.23. The van der Waals surface area contributed by atoms with E-state index in [0.717, 1.165) is 23.4 Å². The number of imidazole rings is 1. The zero-order valence-corrected chi connectivity index (χ0v) is 17.9. The molecule has 156 valence electrons. The van der Waals surface area contributed by atoms with Crippen LogP contribution >= 0.6 is 21.6 Å². The number of pyridine rings is 1. The van der Waals surface area contributed by atoms with Crippen molar-refractivity contribution in [1.82, 2.24) is 19.9 Å². The van der Waals surface area contributed by atoms with Crippen LogP contribution in [0, 0.1) is 6.92 Å². The molecule has 0 atom stereocenters. The van der Waals surface area contributed by atoms with E-state index in [1.807, 2.05) is 29.8 Å². The zero-order valence-electron chi connectivity index (χ0n) is 15.5. The fourth-order valence-corrected chi connectivity index (χ4v) is 4.72. The molecule has 30 heavy (non-hydrogen) atoms. The van der Waals surface area contributed by atoms with Crippen molar-refractivity contribution in [3.8, 4) is 5.95 Å². The second-order valence-corrected chi connectivity index (χ2v) is 8.44. The van der Waals surface area contributed by atoms with E-state index >= 15 is 0 Å². The summed E-state index contributed by atoms with van der Waals surface area (Å²) in [5, 5.41) is 0.668. The average molecular weight is 470 g/mol. The third-order valence-corrected chi connectivity index (χ3v) is 6.25. The number of fused-ring (bicyclic) bond motifs is 1. The van der Waals surface area contributed by atoms with Crippen molar-refractivity contribution in [2.45, 2.75) is 24.0 Å². The predicted molar refractivity (Wildman–Crippen MR) is 107 cm³/mol. The molecule has 0 aliphatic rings. The van der Waals surface area contributed by atoms with Gasteiger partial charge in [-0.05, 0) is 53.6 Å². The van der Waals surface area contributed by atoms with Gasteiger partial charge in [0.1, 0.15) is 5.52 Å². The highest BCUT2D eigenvalue weighted by atomic mass is 35.5. The highest BCUT2D eigenvalue weighted by Crippen LogP contribution is 2.32. The lowest BCUT2D eigenvalue weighted by Crippen LogP contribution is -3.00. The quantitative estimate of drug-likeness (QED) is 0.275. The van der Waals surface area contributed by atoms with Crippen LogP contribution in [0.15, 0.2) is 60.1 Å². The molecule has 1 N–H and O–H groups in total. The topological polar surface area (TPSA) is 58.3 Å². The Morgan fingerprint density at radius 3 is 2.60 bits per heavy atom. The Morgan fingerprint density at radius 1 is 1.10 bits per heavy atom. The number of H-pyrrole nitrogens is 1. The Labute approximate surface area is 184 Å². The van der Waals surface area contributed by atoms with Crippen molar-refractivity contribution in [1.29, 1.82) is 0 Å². The molecule has 0 spiro atoms. The summed E-state index contributed by atoms with van der Waals surface area (Å²) in [5.41, 5.74) is 2.14. The first-order valence-corrected chi connectivity index (χ1v) is 10.9. The molecular weight excluding hydrogens is 455 g/mol. The minimum atomic E-state index is -4.40. The summed E-state index contributed by atoms with van der Waals surface area (Å²) in [5.74, 6) is 1.11. The molecule has 4 rings (SSSR count). The standard InChI is InChI=1S/C19H15F3N5S2.ClH/c1-12-4-2-9-27(16(12)11-28-29-18-23-7-3-8-24-18)17-25-14-6-5-13(19(20,21)22)10-15(14)26-17;/h2-10H,11H2,1H3,(H,25,26);1H/q+1;/p-1. The van der Waals surface area contributed by atoms with E-state index in [9.17, 15) is 13.2 Å². The summed E-state index contributed by atoms with van der Waals surface area (Å²) in [6.07, 6.45) is 0.818. The smallest absolute Gasteiger partial charge is 0.416 e. The van der Waals surface area contributed by atoms with Gasteiger partial charge in [0.15, 0.2) is 10.7 Å². The van der Waals surface area contributed by atoms with Crippen molar-refractivity contribution in [3.63, 3.8) is 0 Å². The van der Waals surface area contributed by atoms with Gasteiger partial charge in [-0.1, -0.05) is 21.8 Å². The van der Waals surface area contributed by atoms with Gasteiger partial charge in [0.2, 0.25) is 0 Å². The molecule has 11 heteroatoms. The Morgan fingerprint density at radius 2 is 1.87 bits per heavy atom. The molecule has 0 amide bonds. The van der Waals surface area contributed by atoms with Crippen molar-refractivity contribution < 1.29 is 30.1 Å². The van der Waals surface area contributed by atoms with Gasteiger partial charge < -0.3 is 12.4 Å². The monoisotopic (exact) mass is 469 g/mol. The third kappa shape index (κ3) is 4.88. The molecule has 0 saturated heterocycles. The maximum Gasteiger partial charge on any atom is 0.416 e. The van der Waals surface area contributed by atoms with Crippen LogP contribution in [-0.4, -0.2) is 19.9 Å². The molecule has 0 aliphatic carbocycles. The largest absolute Gasteiger partial charge is 1.00 e. The first kappa shape index (κ1) is 22.4. The van der Waals surface area contributed by atoms with Crippen LogP contribution in [0.25, 0.3) is 17.0 Å². The maximum absolute atomic E-state index is 13.0.